The van der Waals surface area contributed by atoms with Crippen LogP contribution in [-0.2, 0) is 6.54 Å². The maximum Gasteiger partial charge on any atom is 0.296 e. The van der Waals surface area contributed by atoms with Crippen LogP contribution < -0.4 is 10.1 Å². The quantitative estimate of drug-likeness (QED) is 0.657. The molecule has 1 aromatic heterocycles. The number of rotatable bonds is 5. The summed E-state index contributed by atoms with van der Waals surface area (Å²) in [6, 6.07) is 6.73. The van der Waals surface area contributed by atoms with Gasteiger partial charge in [-0.3, -0.25) is 10.1 Å². The second-order valence-electron chi connectivity index (χ2n) is 3.75. The zero-order chi connectivity index (χ0) is 13.8. The van der Waals surface area contributed by atoms with Gasteiger partial charge in [-0.05, 0) is 45.1 Å². The third kappa shape index (κ3) is 3.45. The lowest BCUT2D eigenvalue weighted by molar-refractivity contribution is -0.384. The Bertz CT molecular complexity index is 600. The number of ether oxygens (including phenoxy) is 1. The molecule has 1 N–H and O–H groups in total. The lowest BCUT2D eigenvalue weighted by Crippen LogP contribution is -2.02. The third-order valence-corrected chi connectivity index (χ3v) is 4.06. The fraction of sp³-hybridized carbons (Fsp3) is 0.167. The van der Waals surface area contributed by atoms with E-state index in [0.717, 1.165) is 9.35 Å². The zero-order valence-electron chi connectivity index (χ0n) is 10.1. The van der Waals surface area contributed by atoms with E-state index in [-0.39, 0.29) is 5.69 Å². The second kappa shape index (κ2) is 6.03. The number of nitro benzene ring substituents is 1. The minimum Gasteiger partial charge on any atom is -0.496 e. The Morgan fingerprint density at radius 3 is 2.84 bits per heavy atom. The van der Waals surface area contributed by atoms with Crippen molar-refractivity contribution in [3.63, 3.8) is 0 Å². The summed E-state index contributed by atoms with van der Waals surface area (Å²) < 4.78 is 6.03. The van der Waals surface area contributed by atoms with Crippen LogP contribution in [0.4, 0.5) is 11.4 Å². The molecule has 2 aromatic rings. The third-order valence-electron chi connectivity index (χ3n) is 2.51. The maximum absolute atomic E-state index is 11.0. The molecule has 0 aliphatic heterocycles. The molecule has 0 aliphatic rings. The first-order chi connectivity index (χ1) is 9.10. The smallest absolute Gasteiger partial charge is 0.296 e. The van der Waals surface area contributed by atoms with Gasteiger partial charge in [-0.15, -0.1) is 11.3 Å². The van der Waals surface area contributed by atoms with Gasteiger partial charge in [0.2, 0.25) is 0 Å². The molecule has 0 bridgehead atoms. The molecule has 2 rings (SSSR count). The van der Waals surface area contributed by atoms with Crippen molar-refractivity contribution in [2.75, 3.05) is 12.4 Å². The number of hydrogen-bond acceptors (Lipinski definition) is 5. The molecule has 1 aromatic carbocycles. The van der Waals surface area contributed by atoms with Gasteiger partial charge in [-0.25, -0.2) is 0 Å². The summed E-state index contributed by atoms with van der Waals surface area (Å²) in [6.07, 6.45) is 0. The summed E-state index contributed by atoms with van der Waals surface area (Å²) in [5, 5.41) is 16.1. The molecule has 7 heteroatoms. The maximum atomic E-state index is 11.0. The highest BCUT2D eigenvalue weighted by Gasteiger charge is 2.14. The first-order valence-corrected chi connectivity index (χ1v) is 7.06. The summed E-state index contributed by atoms with van der Waals surface area (Å²) in [5.74, 6) is 0.468. The largest absolute Gasteiger partial charge is 0.496 e. The van der Waals surface area contributed by atoms with Crippen LogP contribution in [0.3, 0.4) is 0 Å². The minimum atomic E-state index is -0.422. The standard InChI is InChI=1S/C12H11BrN2O3S/c1-18-9-2-3-10(11(5-9)15(16)17)14-6-8-4-12(13)19-7-8/h2-5,7,14H,6H2,1H3. The monoisotopic (exact) mass is 342 g/mol. The van der Waals surface area contributed by atoms with Crippen molar-refractivity contribution in [3.05, 3.63) is 49.1 Å². The van der Waals surface area contributed by atoms with Crippen molar-refractivity contribution < 1.29 is 9.66 Å². The van der Waals surface area contributed by atoms with E-state index in [0.29, 0.717) is 18.0 Å². The van der Waals surface area contributed by atoms with Gasteiger partial charge in [0.15, 0.2) is 0 Å². The van der Waals surface area contributed by atoms with Crippen LogP contribution >= 0.6 is 27.3 Å². The Kier molecular flexibility index (Phi) is 4.39. The van der Waals surface area contributed by atoms with Crippen LogP contribution in [0.2, 0.25) is 0 Å². The van der Waals surface area contributed by atoms with Crippen molar-refractivity contribution >= 4 is 38.6 Å². The number of anilines is 1. The van der Waals surface area contributed by atoms with Gasteiger partial charge in [0.05, 0.1) is 21.9 Å². The average Bonchev–Trinajstić information content (AvgIpc) is 2.82. The van der Waals surface area contributed by atoms with Gasteiger partial charge in [0.1, 0.15) is 11.4 Å². The van der Waals surface area contributed by atoms with E-state index in [1.165, 1.54) is 13.2 Å². The molecule has 19 heavy (non-hydrogen) atoms. The summed E-state index contributed by atoms with van der Waals surface area (Å²) in [5.41, 5.74) is 1.56. The molecular weight excluding hydrogens is 332 g/mol. The van der Waals surface area contributed by atoms with Gasteiger partial charge in [-0.2, -0.15) is 0 Å². The molecule has 0 aliphatic carbocycles. The molecule has 0 saturated heterocycles. The lowest BCUT2D eigenvalue weighted by atomic mass is 10.2. The lowest BCUT2D eigenvalue weighted by Gasteiger charge is -2.07. The topological polar surface area (TPSA) is 64.4 Å². The van der Waals surface area contributed by atoms with Gasteiger partial charge < -0.3 is 10.1 Å². The number of nitrogens with one attached hydrogen (secondary N) is 1. The second-order valence-corrected chi connectivity index (χ2v) is 6.04. The van der Waals surface area contributed by atoms with Crippen LogP contribution in [0, 0.1) is 10.1 Å². The van der Waals surface area contributed by atoms with Crippen LogP contribution in [0.5, 0.6) is 5.75 Å². The molecule has 0 amide bonds. The van der Waals surface area contributed by atoms with Gasteiger partial charge >= 0.3 is 0 Å². The van der Waals surface area contributed by atoms with Crippen molar-refractivity contribution in [1.29, 1.82) is 0 Å². The molecule has 0 fully saturated rings. The molecule has 0 atom stereocenters. The number of hydrogen-bond donors (Lipinski definition) is 1. The van der Waals surface area contributed by atoms with Crippen molar-refractivity contribution in [2.45, 2.75) is 6.54 Å². The Hall–Kier alpha value is -1.60. The predicted octanol–water partition coefficient (Wildman–Crippen LogP) is 4.04. The van der Waals surface area contributed by atoms with E-state index in [1.807, 2.05) is 11.4 Å². The molecule has 100 valence electrons. The number of halogens is 1. The van der Waals surface area contributed by atoms with Crippen molar-refractivity contribution in [1.82, 2.24) is 0 Å². The Labute approximate surface area is 122 Å². The van der Waals surface area contributed by atoms with Crippen LogP contribution in [0.15, 0.2) is 33.4 Å². The number of thiophene rings is 1. The molecule has 1 heterocycles. The molecule has 0 saturated carbocycles. The van der Waals surface area contributed by atoms with E-state index >= 15 is 0 Å². The van der Waals surface area contributed by atoms with Crippen molar-refractivity contribution in [3.8, 4) is 5.75 Å². The van der Waals surface area contributed by atoms with Gasteiger partial charge in [0, 0.05) is 6.54 Å². The van der Waals surface area contributed by atoms with Crippen molar-refractivity contribution in [2.24, 2.45) is 0 Å². The molecular formula is C12H11BrN2O3S. The van der Waals surface area contributed by atoms with Crippen LogP contribution in [0.1, 0.15) is 5.56 Å². The fourth-order valence-corrected chi connectivity index (χ4v) is 2.78. The molecule has 5 nitrogen and oxygen atoms in total. The SMILES string of the molecule is COc1ccc(NCc2csc(Br)c2)c([N+](=O)[O-])c1. The summed E-state index contributed by atoms with van der Waals surface area (Å²) in [7, 11) is 1.48. The summed E-state index contributed by atoms with van der Waals surface area (Å²) in [4.78, 5) is 10.6. The normalized spacial score (nSPS) is 10.2. The number of nitrogens with zero attached hydrogens (tertiary/aromatic N) is 1. The Morgan fingerprint density at radius 1 is 1.47 bits per heavy atom. The highest BCUT2D eigenvalue weighted by atomic mass is 79.9. The predicted molar refractivity (Wildman–Crippen MR) is 79.0 cm³/mol. The Morgan fingerprint density at radius 2 is 2.26 bits per heavy atom. The number of benzene rings is 1. The first kappa shape index (κ1) is 13.8. The number of methoxy groups -OCH3 is 1. The summed E-state index contributed by atoms with van der Waals surface area (Å²) >= 11 is 4.96. The van der Waals surface area contributed by atoms with E-state index in [4.69, 9.17) is 4.74 Å². The van der Waals surface area contributed by atoms with Gasteiger partial charge in [0.25, 0.3) is 5.69 Å². The first-order valence-electron chi connectivity index (χ1n) is 5.39. The van der Waals surface area contributed by atoms with Crippen LogP contribution in [0.25, 0.3) is 0 Å². The van der Waals surface area contributed by atoms with Crippen LogP contribution in [-0.4, -0.2) is 12.0 Å². The highest BCUT2D eigenvalue weighted by Crippen LogP contribution is 2.30. The fourth-order valence-electron chi connectivity index (χ4n) is 1.57. The zero-order valence-corrected chi connectivity index (χ0v) is 12.5. The highest BCUT2D eigenvalue weighted by molar-refractivity contribution is 9.11. The van der Waals surface area contributed by atoms with E-state index in [1.54, 1.807) is 23.5 Å². The van der Waals surface area contributed by atoms with Gasteiger partial charge in [-0.1, -0.05) is 0 Å². The molecule has 0 radical (unpaired) electrons. The van der Waals surface area contributed by atoms with E-state index in [2.05, 4.69) is 21.2 Å². The molecule has 0 spiro atoms. The van der Waals surface area contributed by atoms with E-state index < -0.39 is 4.92 Å². The number of nitro groups is 1. The minimum absolute atomic E-state index is 0.00800. The molecule has 0 unspecified atom stereocenters. The van der Waals surface area contributed by atoms with E-state index in [9.17, 15) is 10.1 Å². The Balaban J connectivity index is 2.17. The summed E-state index contributed by atoms with van der Waals surface area (Å²) in [6.45, 7) is 0.537. The average molecular weight is 343 g/mol.